The van der Waals surface area contributed by atoms with Crippen molar-refractivity contribution in [1.82, 2.24) is 0 Å². The molecule has 4 aliphatic carbocycles. The lowest BCUT2D eigenvalue weighted by atomic mass is 9.43. The van der Waals surface area contributed by atoms with Crippen LogP contribution in [-0.4, -0.2) is 45.3 Å². The average Bonchev–Trinajstić information content (AvgIpc) is 3.22. The van der Waals surface area contributed by atoms with Crippen LogP contribution in [0.1, 0.15) is 71.6 Å². The first-order chi connectivity index (χ1) is 11.8. The third-order valence-electron chi connectivity index (χ3n) is 9.94. The van der Waals surface area contributed by atoms with Crippen molar-refractivity contribution in [2.75, 3.05) is 6.61 Å². The molecule has 3 N–H and O–H groups in total. The third-order valence-corrected chi connectivity index (χ3v) is 9.94. The van der Waals surface area contributed by atoms with Crippen LogP contribution < -0.4 is 0 Å². The highest BCUT2D eigenvalue weighted by molar-refractivity contribution is 5.23. The summed E-state index contributed by atoms with van der Waals surface area (Å²) in [6.45, 7) is 4.89. The number of hydrogen-bond acceptors (Lipinski definition) is 4. The number of ether oxygens (including phenoxy) is 1. The Morgan fingerprint density at radius 1 is 0.920 bits per heavy atom. The van der Waals surface area contributed by atoms with E-state index in [1.54, 1.807) is 0 Å². The highest BCUT2D eigenvalue weighted by Gasteiger charge is 2.75. The minimum absolute atomic E-state index is 0.0486. The summed E-state index contributed by atoms with van der Waals surface area (Å²) in [5.41, 5.74) is -0.594. The van der Waals surface area contributed by atoms with E-state index in [1.165, 1.54) is 6.42 Å². The Morgan fingerprint density at radius 3 is 2.32 bits per heavy atom. The zero-order valence-electron chi connectivity index (χ0n) is 15.7. The summed E-state index contributed by atoms with van der Waals surface area (Å²) in [4.78, 5) is 0. The summed E-state index contributed by atoms with van der Waals surface area (Å²) in [5.74, 6) is 1.90. The lowest BCUT2D eigenvalue weighted by Gasteiger charge is -2.63. The molecule has 9 atom stereocenters. The molecule has 142 valence electrons. The van der Waals surface area contributed by atoms with Gasteiger partial charge in [0.2, 0.25) is 0 Å². The van der Waals surface area contributed by atoms with Crippen LogP contribution in [-0.2, 0) is 4.74 Å². The minimum atomic E-state index is -0.681. The van der Waals surface area contributed by atoms with Gasteiger partial charge in [0.05, 0.1) is 18.3 Å². The van der Waals surface area contributed by atoms with Crippen LogP contribution in [0, 0.1) is 28.6 Å². The predicted molar refractivity (Wildman–Crippen MR) is 93.9 cm³/mol. The van der Waals surface area contributed by atoms with E-state index in [0.29, 0.717) is 24.2 Å². The van der Waals surface area contributed by atoms with Crippen molar-refractivity contribution in [2.24, 2.45) is 28.6 Å². The fourth-order valence-electron chi connectivity index (χ4n) is 8.39. The molecule has 1 aliphatic heterocycles. The Balaban J connectivity index is 1.46. The van der Waals surface area contributed by atoms with Gasteiger partial charge in [-0.25, -0.2) is 0 Å². The van der Waals surface area contributed by atoms with Crippen molar-refractivity contribution in [1.29, 1.82) is 0 Å². The average molecular weight is 350 g/mol. The van der Waals surface area contributed by atoms with Crippen LogP contribution in [0.2, 0.25) is 0 Å². The lowest BCUT2D eigenvalue weighted by Crippen LogP contribution is -2.63. The predicted octanol–water partition coefficient (Wildman–Crippen LogP) is 2.63. The molecule has 25 heavy (non-hydrogen) atoms. The fourth-order valence-corrected chi connectivity index (χ4v) is 8.39. The van der Waals surface area contributed by atoms with Gasteiger partial charge in [-0.2, -0.15) is 0 Å². The van der Waals surface area contributed by atoms with Crippen LogP contribution >= 0.6 is 0 Å². The van der Waals surface area contributed by atoms with Crippen molar-refractivity contribution >= 4 is 0 Å². The Morgan fingerprint density at radius 2 is 1.60 bits per heavy atom. The first kappa shape index (κ1) is 17.0. The number of epoxide rings is 1. The van der Waals surface area contributed by atoms with Crippen molar-refractivity contribution in [2.45, 2.75) is 95.0 Å². The van der Waals surface area contributed by atoms with E-state index in [0.717, 1.165) is 44.9 Å². The summed E-state index contributed by atoms with van der Waals surface area (Å²) in [7, 11) is 0. The smallest absolute Gasteiger partial charge is 0.111 e. The number of aliphatic hydroxyl groups is 3. The molecule has 0 amide bonds. The van der Waals surface area contributed by atoms with Crippen LogP contribution in [0.25, 0.3) is 0 Å². The molecule has 5 aliphatic rings. The summed E-state index contributed by atoms with van der Waals surface area (Å²) < 4.78 is 6.10. The molecule has 4 saturated carbocycles. The number of aliphatic hydroxyl groups excluding tert-OH is 2. The Hall–Kier alpha value is -0.160. The quantitative estimate of drug-likeness (QED) is 0.636. The maximum absolute atomic E-state index is 11.4. The maximum Gasteiger partial charge on any atom is 0.111 e. The van der Waals surface area contributed by atoms with Gasteiger partial charge in [0.15, 0.2) is 0 Å². The summed E-state index contributed by atoms with van der Waals surface area (Å²) in [5, 5.41) is 31.2. The molecule has 1 heterocycles. The SMILES string of the molecule is C[C@]12CCC3C(CC[C@@]4(O)CC(O)CC[C@]34C)C1CC[C@]21OC1CO. The molecular formula is C21H34O4. The largest absolute Gasteiger partial charge is 0.394 e. The molecule has 4 nitrogen and oxygen atoms in total. The molecule has 1 spiro atoms. The molecular weight excluding hydrogens is 316 g/mol. The van der Waals surface area contributed by atoms with Crippen LogP contribution in [0.15, 0.2) is 0 Å². The highest BCUT2D eigenvalue weighted by Crippen LogP contribution is 2.73. The molecule has 0 radical (unpaired) electrons. The van der Waals surface area contributed by atoms with Gasteiger partial charge in [-0.15, -0.1) is 0 Å². The van der Waals surface area contributed by atoms with E-state index in [4.69, 9.17) is 4.74 Å². The van der Waals surface area contributed by atoms with E-state index in [-0.39, 0.29) is 35.2 Å². The zero-order valence-corrected chi connectivity index (χ0v) is 15.7. The second kappa shape index (κ2) is 5.01. The zero-order chi connectivity index (χ0) is 17.7. The van der Waals surface area contributed by atoms with Crippen molar-refractivity contribution in [3.8, 4) is 0 Å². The third kappa shape index (κ3) is 1.88. The summed E-state index contributed by atoms with van der Waals surface area (Å²) >= 11 is 0. The van der Waals surface area contributed by atoms with E-state index in [2.05, 4.69) is 13.8 Å². The van der Waals surface area contributed by atoms with Crippen LogP contribution in [0.4, 0.5) is 0 Å². The van der Waals surface area contributed by atoms with Crippen LogP contribution in [0.5, 0.6) is 0 Å². The van der Waals surface area contributed by atoms with Crippen molar-refractivity contribution in [3.05, 3.63) is 0 Å². The Kier molecular flexibility index (Phi) is 3.40. The summed E-state index contributed by atoms with van der Waals surface area (Å²) in [6.07, 6.45) is 8.64. The molecule has 5 rings (SSSR count). The second-order valence-corrected chi connectivity index (χ2v) is 10.4. The first-order valence-electron chi connectivity index (χ1n) is 10.5. The minimum Gasteiger partial charge on any atom is -0.394 e. The van der Waals surface area contributed by atoms with Gasteiger partial charge in [-0.1, -0.05) is 13.8 Å². The molecule has 4 heteroatoms. The van der Waals surface area contributed by atoms with Crippen molar-refractivity contribution < 1.29 is 20.1 Å². The molecule has 1 saturated heterocycles. The molecule has 0 bridgehead atoms. The van der Waals surface area contributed by atoms with E-state index >= 15 is 0 Å². The highest BCUT2D eigenvalue weighted by atomic mass is 16.6. The van der Waals surface area contributed by atoms with Gasteiger partial charge in [0.25, 0.3) is 0 Å². The van der Waals surface area contributed by atoms with Crippen molar-refractivity contribution in [3.63, 3.8) is 0 Å². The standard InChI is InChI=1S/C21H34O4/c1-18-7-3-13(23)11-20(18,24)9-4-14-15(18)5-8-19(2)16(14)6-10-21(19)17(12-22)25-21/h13-17,22-24H,3-12H2,1-2H3/t13?,14?,15?,16?,17?,18-,19+,20-,21-/m1/s1. The van der Waals surface area contributed by atoms with E-state index in [1.807, 2.05) is 0 Å². The number of rotatable bonds is 1. The lowest BCUT2D eigenvalue weighted by molar-refractivity contribution is -0.220. The monoisotopic (exact) mass is 350 g/mol. The van der Waals surface area contributed by atoms with Gasteiger partial charge in [-0.3, -0.25) is 0 Å². The molecule has 0 aromatic carbocycles. The topological polar surface area (TPSA) is 73.2 Å². The maximum atomic E-state index is 11.4. The summed E-state index contributed by atoms with van der Waals surface area (Å²) in [6, 6.07) is 0. The molecule has 5 unspecified atom stereocenters. The number of fused-ring (bicyclic) bond motifs is 6. The second-order valence-electron chi connectivity index (χ2n) is 10.4. The van der Waals surface area contributed by atoms with Gasteiger partial charge in [0, 0.05) is 11.8 Å². The molecule has 5 fully saturated rings. The molecule has 0 aromatic heterocycles. The first-order valence-corrected chi connectivity index (χ1v) is 10.5. The van der Waals surface area contributed by atoms with Gasteiger partial charge < -0.3 is 20.1 Å². The van der Waals surface area contributed by atoms with Crippen LogP contribution in [0.3, 0.4) is 0 Å². The van der Waals surface area contributed by atoms with E-state index < -0.39 is 5.60 Å². The van der Waals surface area contributed by atoms with Gasteiger partial charge >= 0.3 is 0 Å². The van der Waals surface area contributed by atoms with E-state index in [9.17, 15) is 15.3 Å². The number of hydrogen-bond donors (Lipinski definition) is 3. The Bertz CT molecular complexity index is 580. The Labute approximate surface area is 151 Å². The normalized spacial score (nSPS) is 63.0. The van der Waals surface area contributed by atoms with Gasteiger partial charge in [-0.05, 0) is 74.5 Å². The fraction of sp³-hybridized carbons (Fsp3) is 1.00. The molecule has 0 aromatic rings. The van der Waals surface area contributed by atoms with Gasteiger partial charge in [0.1, 0.15) is 11.7 Å².